The van der Waals surface area contributed by atoms with E-state index in [0.29, 0.717) is 6.42 Å². The second-order valence-corrected chi connectivity index (χ2v) is 5.46. The molecule has 1 heterocycles. The first kappa shape index (κ1) is 14.8. The number of imidazole rings is 1. The SMILES string of the molecule is N#CCCCCNCc1ncc(-c2cccc(Br)c2)[nH]1. The number of rotatable bonds is 7. The zero-order valence-corrected chi connectivity index (χ0v) is 12.8. The van der Waals surface area contributed by atoms with Crippen LogP contribution in [0, 0.1) is 11.3 Å². The number of aromatic nitrogens is 2. The lowest BCUT2D eigenvalue weighted by Gasteiger charge is -2.01. The molecule has 0 saturated heterocycles. The number of hydrogen-bond donors (Lipinski definition) is 2. The average molecular weight is 333 g/mol. The molecule has 2 N–H and O–H groups in total. The fourth-order valence-electron chi connectivity index (χ4n) is 1.92. The van der Waals surface area contributed by atoms with Crippen LogP contribution in [0.4, 0.5) is 0 Å². The van der Waals surface area contributed by atoms with Gasteiger partial charge in [0.1, 0.15) is 5.82 Å². The van der Waals surface area contributed by atoms with E-state index in [0.717, 1.165) is 47.5 Å². The van der Waals surface area contributed by atoms with E-state index in [1.54, 1.807) is 0 Å². The molecular weight excluding hydrogens is 316 g/mol. The van der Waals surface area contributed by atoms with Gasteiger partial charge in [-0.15, -0.1) is 0 Å². The van der Waals surface area contributed by atoms with E-state index >= 15 is 0 Å². The number of hydrogen-bond acceptors (Lipinski definition) is 3. The van der Waals surface area contributed by atoms with Crippen molar-refractivity contribution < 1.29 is 0 Å². The van der Waals surface area contributed by atoms with Crippen LogP contribution in [0.25, 0.3) is 11.3 Å². The largest absolute Gasteiger partial charge is 0.341 e. The Morgan fingerprint density at radius 2 is 2.25 bits per heavy atom. The summed E-state index contributed by atoms with van der Waals surface area (Å²) < 4.78 is 1.06. The second-order valence-electron chi connectivity index (χ2n) is 4.55. The summed E-state index contributed by atoms with van der Waals surface area (Å²) in [7, 11) is 0. The Balaban J connectivity index is 1.82. The summed E-state index contributed by atoms with van der Waals surface area (Å²) in [5.41, 5.74) is 2.14. The topological polar surface area (TPSA) is 64.5 Å². The molecule has 1 aromatic heterocycles. The normalized spacial score (nSPS) is 10.4. The second kappa shape index (κ2) is 7.83. The number of nitriles is 1. The zero-order chi connectivity index (χ0) is 14.2. The molecule has 2 aromatic rings. The van der Waals surface area contributed by atoms with Crippen LogP contribution in [0.5, 0.6) is 0 Å². The van der Waals surface area contributed by atoms with Gasteiger partial charge in [0, 0.05) is 16.5 Å². The number of H-pyrrole nitrogens is 1. The van der Waals surface area contributed by atoms with Crippen LogP contribution in [0.1, 0.15) is 25.1 Å². The Morgan fingerprint density at radius 1 is 1.35 bits per heavy atom. The summed E-state index contributed by atoms with van der Waals surface area (Å²) in [5.74, 6) is 0.931. The third kappa shape index (κ3) is 4.48. The van der Waals surface area contributed by atoms with Gasteiger partial charge in [0.25, 0.3) is 0 Å². The van der Waals surface area contributed by atoms with Crippen molar-refractivity contribution in [2.24, 2.45) is 0 Å². The average Bonchev–Trinajstić information content (AvgIpc) is 2.91. The molecule has 0 saturated carbocycles. The molecule has 1 aromatic carbocycles. The van der Waals surface area contributed by atoms with Crippen molar-refractivity contribution in [3.63, 3.8) is 0 Å². The fraction of sp³-hybridized carbons (Fsp3) is 0.333. The maximum absolute atomic E-state index is 8.44. The van der Waals surface area contributed by atoms with Crippen LogP contribution >= 0.6 is 15.9 Å². The van der Waals surface area contributed by atoms with Crippen molar-refractivity contribution >= 4 is 15.9 Å². The Kier molecular flexibility index (Phi) is 5.78. The van der Waals surface area contributed by atoms with Gasteiger partial charge in [-0.25, -0.2) is 4.98 Å². The molecule has 4 nitrogen and oxygen atoms in total. The highest BCUT2D eigenvalue weighted by Gasteiger charge is 2.03. The van der Waals surface area contributed by atoms with E-state index in [1.165, 1.54) is 0 Å². The minimum atomic E-state index is 0.634. The Bertz CT molecular complexity index is 586. The van der Waals surface area contributed by atoms with Gasteiger partial charge < -0.3 is 10.3 Å². The number of halogens is 1. The summed E-state index contributed by atoms with van der Waals surface area (Å²) in [5, 5.41) is 11.8. The van der Waals surface area contributed by atoms with Crippen molar-refractivity contribution in [3.8, 4) is 17.3 Å². The summed E-state index contributed by atoms with van der Waals surface area (Å²) in [6.45, 7) is 1.63. The molecule has 20 heavy (non-hydrogen) atoms. The first-order valence-electron chi connectivity index (χ1n) is 6.67. The van der Waals surface area contributed by atoms with Crippen LogP contribution in [-0.2, 0) is 6.54 Å². The molecule has 0 fully saturated rings. The Hall–Kier alpha value is -1.64. The van der Waals surface area contributed by atoms with Gasteiger partial charge in [-0.05, 0) is 31.5 Å². The van der Waals surface area contributed by atoms with E-state index in [4.69, 9.17) is 5.26 Å². The first-order chi connectivity index (χ1) is 9.79. The van der Waals surface area contributed by atoms with Crippen LogP contribution in [0.15, 0.2) is 34.9 Å². The van der Waals surface area contributed by atoms with E-state index in [9.17, 15) is 0 Å². The van der Waals surface area contributed by atoms with Gasteiger partial charge in [-0.2, -0.15) is 5.26 Å². The molecule has 0 spiro atoms. The molecule has 0 aliphatic heterocycles. The highest BCUT2D eigenvalue weighted by atomic mass is 79.9. The van der Waals surface area contributed by atoms with Crippen molar-refractivity contribution in [2.75, 3.05) is 6.54 Å². The van der Waals surface area contributed by atoms with E-state index in [-0.39, 0.29) is 0 Å². The fourth-order valence-corrected chi connectivity index (χ4v) is 2.32. The number of nitrogens with one attached hydrogen (secondary N) is 2. The van der Waals surface area contributed by atoms with E-state index in [2.05, 4.69) is 49.4 Å². The quantitative estimate of drug-likeness (QED) is 0.761. The van der Waals surface area contributed by atoms with E-state index < -0.39 is 0 Å². The third-order valence-electron chi connectivity index (χ3n) is 2.95. The smallest absolute Gasteiger partial charge is 0.120 e. The number of unbranched alkanes of at least 4 members (excludes halogenated alkanes) is 2. The number of nitrogens with zero attached hydrogens (tertiary/aromatic N) is 2. The molecule has 0 amide bonds. The molecule has 0 radical (unpaired) electrons. The minimum absolute atomic E-state index is 0.634. The van der Waals surface area contributed by atoms with Crippen molar-refractivity contribution in [1.82, 2.24) is 15.3 Å². The van der Waals surface area contributed by atoms with Crippen LogP contribution < -0.4 is 5.32 Å². The van der Waals surface area contributed by atoms with Gasteiger partial charge in [-0.3, -0.25) is 0 Å². The van der Waals surface area contributed by atoms with Gasteiger partial charge in [-0.1, -0.05) is 28.1 Å². The Labute approximate surface area is 127 Å². The van der Waals surface area contributed by atoms with Gasteiger partial charge in [0.2, 0.25) is 0 Å². The van der Waals surface area contributed by atoms with Crippen molar-refractivity contribution in [3.05, 3.63) is 40.8 Å². The molecular formula is C15H17BrN4. The minimum Gasteiger partial charge on any atom is -0.341 e. The summed E-state index contributed by atoms with van der Waals surface area (Å²) in [6, 6.07) is 10.3. The molecule has 0 unspecified atom stereocenters. The predicted octanol–water partition coefficient (Wildman–Crippen LogP) is 3.62. The molecule has 5 heteroatoms. The maximum Gasteiger partial charge on any atom is 0.120 e. The van der Waals surface area contributed by atoms with Crippen molar-refractivity contribution in [2.45, 2.75) is 25.8 Å². The van der Waals surface area contributed by atoms with Gasteiger partial charge in [0.15, 0.2) is 0 Å². The summed E-state index contributed by atoms with van der Waals surface area (Å²) >= 11 is 3.47. The molecule has 0 atom stereocenters. The molecule has 2 rings (SSSR count). The maximum atomic E-state index is 8.44. The summed E-state index contributed by atoms with van der Waals surface area (Å²) in [4.78, 5) is 7.68. The third-order valence-corrected chi connectivity index (χ3v) is 3.44. The van der Waals surface area contributed by atoms with Crippen LogP contribution in [0.3, 0.4) is 0 Å². The number of aromatic amines is 1. The molecule has 0 aliphatic carbocycles. The van der Waals surface area contributed by atoms with Crippen LogP contribution in [0.2, 0.25) is 0 Å². The highest BCUT2D eigenvalue weighted by Crippen LogP contribution is 2.21. The van der Waals surface area contributed by atoms with Gasteiger partial charge in [0.05, 0.1) is 24.5 Å². The van der Waals surface area contributed by atoms with Crippen molar-refractivity contribution in [1.29, 1.82) is 5.26 Å². The lowest BCUT2D eigenvalue weighted by molar-refractivity contribution is 0.616. The van der Waals surface area contributed by atoms with Crippen LogP contribution in [-0.4, -0.2) is 16.5 Å². The molecule has 0 bridgehead atoms. The number of benzene rings is 1. The monoisotopic (exact) mass is 332 g/mol. The zero-order valence-electron chi connectivity index (χ0n) is 11.2. The standard InChI is InChI=1S/C15H17BrN4/c16-13-6-4-5-12(9-13)14-10-19-15(20-14)11-18-8-3-1-2-7-17/h4-6,9-10,18H,1-3,8,11H2,(H,19,20). The lowest BCUT2D eigenvalue weighted by atomic mass is 10.2. The first-order valence-corrected chi connectivity index (χ1v) is 7.46. The molecule has 0 aliphatic rings. The van der Waals surface area contributed by atoms with E-state index in [1.807, 2.05) is 18.3 Å². The lowest BCUT2D eigenvalue weighted by Crippen LogP contribution is -2.15. The highest BCUT2D eigenvalue weighted by molar-refractivity contribution is 9.10. The molecule has 104 valence electrons. The Morgan fingerprint density at radius 3 is 3.05 bits per heavy atom. The summed E-state index contributed by atoms with van der Waals surface area (Å²) in [6.07, 6.45) is 4.46. The van der Waals surface area contributed by atoms with Gasteiger partial charge >= 0.3 is 0 Å². The predicted molar refractivity (Wildman–Crippen MR) is 82.9 cm³/mol.